The van der Waals surface area contributed by atoms with Crippen LogP contribution in [0.25, 0.3) is 0 Å². The molecule has 5 nitrogen and oxygen atoms in total. The van der Waals surface area contributed by atoms with Gasteiger partial charge in [-0.2, -0.15) is 0 Å². The Hall–Kier alpha value is -1.89. The number of rotatable bonds is 11. The lowest BCUT2D eigenvalue weighted by molar-refractivity contribution is -0.138. The molecule has 0 saturated heterocycles. The standard InChI is InChI=1S/C24H30Cl2N2O3S/c1-16(2)12-27-24(30)17(3)28(13-18-5-8-20(31-4)9-6-18)23(29)15-32-14-19-7-10-21(25)22(26)11-19/h5-11,16-17H,12-15H2,1-4H3,(H,27,30)/t17-/m1/s1. The van der Waals surface area contributed by atoms with Crippen LogP contribution in [0.15, 0.2) is 42.5 Å². The van der Waals surface area contributed by atoms with Gasteiger partial charge in [0.1, 0.15) is 11.8 Å². The molecule has 2 aromatic rings. The van der Waals surface area contributed by atoms with Crippen molar-refractivity contribution < 1.29 is 14.3 Å². The maximum absolute atomic E-state index is 13.1. The largest absolute Gasteiger partial charge is 0.497 e. The molecule has 0 unspecified atom stereocenters. The van der Waals surface area contributed by atoms with Gasteiger partial charge >= 0.3 is 0 Å². The van der Waals surface area contributed by atoms with Crippen LogP contribution in [0.1, 0.15) is 31.9 Å². The van der Waals surface area contributed by atoms with Crippen molar-refractivity contribution in [2.24, 2.45) is 5.92 Å². The minimum Gasteiger partial charge on any atom is -0.497 e. The van der Waals surface area contributed by atoms with E-state index in [1.165, 1.54) is 11.8 Å². The van der Waals surface area contributed by atoms with Crippen LogP contribution in [-0.4, -0.2) is 42.2 Å². The Morgan fingerprint density at radius 2 is 1.69 bits per heavy atom. The van der Waals surface area contributed by atoms with E-state index < -0.39 is 6.04 Å². The topological polar surface area (TPSA) is 58.6 Å². The molecule has 32 heavy (non-hydrogen) atoms. The fourth-order valence-corrected chi connectivity index (χ4v) is 4.11. The number of benzene rings is 2. The Morgan fingerprint density at radius 3 is 2.28 bits per heavy atom. The van der Waals surface area contributed by atoms with Gasteiger partial charge in [0.2, 0.25) is 11.8 Å². The number of hydrogen-bond donors (Lipinski definition) is 1. The van der Waals surface area contributed by atoms with E-state index >= 15 is 0 Å². The summed E-state index contributed by atoms with van der Waals surface area (Å²) in [4.78, 5) is 27.4. The number of amides is 2. The van der Waals surface area contributed by atoms with Crippen molar-refractivity contribution in [3.05, 3.63) is 63.6 Å². The summed E-state index contributed by atoms with van der Waals surface area (Å²) in [6.45, 7) is 6.74. The second-order valence-corrected chi connectivity index (χ2v) is 9.73. The third-order valence-corrected chi connectivity index (χ3v) is 6.57. The predicted molar refractivity (Wildman–Crippen MR) is 133 cm³/mol. The second-order valence-electron chi connectivity index (χ2n) is 7.93. The van der Waals surface area contributed by atoms with Crippen molar-refractivity contribution in [2.75, 3.05) is 19.4 Å². The molecule has 174 valence electrons. The summed E-state index contributed by atoms with van der Waals surface area (Å²) in [6, 6.07) is 12.4. The number of nitrogens with zero attached hydrogens (tertiary/aromatic N) is 1. The molecule has 8 heteroatoms. The van der Waals surface area contributed by atoms with Gasteiger partial charge in [0.05, 0.1) is 22.9 Å². The van der Waals surface area contributed by atoms with E-state index in [4.69, 9.17) is 27.9 Å². The molecule has 0 spiro atoms. The summed E-state index contributed by atoms with van der Waals surface area (Å²) in [5.41, 5.74) is 1.92. The number of ether oxygens (including phenoxy) is 1. The molecule has 0 aliphatic heterocycles. The van der Waals surface area contributed by atoms with Gasteiger partial charge in [0.25, 0.3) is 0 Å². The number of methoxy groups -OCH3 is 1. The quantitative estimate of drug-likeness (QED) is 0.450. The Bertz CT molecular complexity index is 907. The number of carbonyl (C=O) groups excluding carboxylic acids is 2. The van der Waals surface area contributed by atoms with Crippen LogP contribution in [0.3, 0.4) is 0 Å². The SMILES string of the molecule is COc1ccc(CN(C(=O)CSCc2ccc(Cl)c(Cl)c2)[C@H](C)C(=O)NCC(C)C)cc1. The zero-order valence-corrected chi connectivity index (χ0v) is 21.2. The second kappa shape index (κ2) is 13.0. The summed E-state index contributed by atoms with van der Waals surface area (Å²) < 4.78 is 5.21. The zero-order chi connectivity index (χ0) is 23.7. The molecule has 0 heterocycles. The smallest absolute Gasteiger partial charge is 0.242 e. The molecule has 0 aliphatic rings. The lowest BCUT2D eigenvalue weighted by Gasteiger charge is -2.29. The molecule has 0 aromatic heterocycles. The molecule has 0 radical (unpaired) electrons. The minimum absolute atomic E-state index is 0.0990. The fourth-order valence-electron chi connectivity index (χ4n) is 2.93. The number of hydrogen-bond acceptors (Lipinski definition) is 4. The van der Waals surface area contributed by atoms with Crippen LogP contribution in [0.2, 0.25) is 10.0 Å². The highest BCUT2D eigenvalue weighted by Gasteiger charge is 2.26. The van der Waals surface area contributed by atoms with Gasteiger partial charge in [0.15, 0.2) is 0 Å². The highest BCUT2D eigenvalue weighted by molar-refractivity contribution is 7.99. The monoisotopic (exact) mass is 496 g/mol. The minimum atomic E-state index is -0.589. The van der Waals surface area contributed by atoms with Crippen LogP contribution in [-0.2, 0) is 21.9 Å². The highest BCUT2D eigenvalue weighted by atomic mass is 35.5. The maximum Gasteiger partial charge on any atom is 0.242 e. The molecular formula is C24H30Cl2N2O3S. The van der Waals surface area contributed by atoms with E-state index in [0.29, 0.717) is 34.8 Å². The van der Waals surface area contributed by atoms with Crippen LogP contribution < -0.4 is 10.1 Å². The van der Waals surface area contributed by atoms with Crippen molar-refractivity contribution in [2.45, 2.75) is 39.1 Å². The Kier molecular flexibility index (Phi) is 10.7. The number of nitrogens with one attached hydrogen (secondary N) is 1. The van der Waals surface area contributed by atoms with Crippen molar-refractivity contribution >= 4 is 46.8 Å². The first-order valence-corrected chi connectivity index (χ1v) is 12.3. The lowest BCUT2D eigenvalue weighted by Crippen LogP contribution is -2.48. The normalized spacial score (nSPS) is 11.8. The third kappa shape index (κ3) is 8.23. The van der Waals surface area contributed by atoms with Crippen LogP contribution >= 0.6 is 35.0 Å². The van der Waals surface area contributed by atoms with Crippen LogP contribution in [0.5, 0.6) is 5.75 Å². The molecule has 0 aliphatic carbocycles. The number of carbonyl (C=O) groups is 2. The first-order chi connectivity index (χ1) is 15.2. The van der Waals surface area contributed by atoms with E-state index in [2.05, 4.69) is 5.32 Å². The van der Waals surface area contributed by atoms with Gasteiger partial charge < -0.3 is 15.0 Å². The van der Waals surface area contributed by atoms with Gasteiger partial charge in [-0.15, -0.1) is 11.8 Å². The van der Waals surface area contributed by atoms with Crippen LogP contribution in [0, 0.1) is 5.92 Å². The van der Waals surface area contributed by atoms with Crippen LogP contribution in [0.4, 0.5) is 0 Å². The van der Waals surface area contributed by atoms with Gasteiger partial charge in [-0.25, -0.2) is 0 Å². The van der Waals surface area contributed by atoms with E-state index in [9.17, 15) is 9.59 Å². The zero-order valence-electron chi connectivity index (χ0n) is 18.9. The first kappa shape index (κ1) is 26.4. The average Bonchev–Trinajstić information content (AvgIpc) is 2.78. The van der Waals surface area contributed by atoms with E-state index in [1.807, 2.05) is 44.2 Å². The molecule has 0 bridgehead atoms. The van der Waals surface area contributed by atoms with Crippen molar-refractivity contribution in [3.63, 3.8) is 0 Å². The Morgan fingerprint density at radius 1 is 1.03 bits per heavy atom. The predicted octanol–water partition coefficient (Wildman–Crippen LogP) is 5.42. The van der Waals surface area contributed by atoms with Gasteiger partial charge in [-0.1, -0.05) is 55.2 Å². The number of halogens is 2. The Balaban J connectivity index is 2.07. The summed E-state index contributed by atoms with van der Waals surface area (Å²) in [5, 5.41) is 3.92. The summed E-state index contributed by atoms with van der Waals surface area (Å²) in [6.07, 6.45) is 0. The highest BCUT2D eigenvalue weighted by Crippen LogP contribution is 2.25. The van der Waals surface area contributed by atoms with Gasteiger partial charge in [0, 0.05) is 18.8 Å². The van der Waals surface area contributed by atoms with Crippen molar-refractivity contribution in [1.82, 2.24) is 10.2 Å². The van der Waals surface area contributed by atoms with E-state index in [1.54, 1.807) is 31.1 Å². The number of thioether (sulfide) groups is 1. The summed E-state index contributed by atoms with van der Waals surface area (Å²) in [5.74, 6) is 1.68. The third-order valence-electron chi connectivity index (χ3n) is 4.84. The maximum atomic E-state index is 13.1. The molecule has 1 N–H and O–H groups in total. The summed E-state index contributed by atoms with van der Waals surface area (Å²) >= 11 is 13.5. The average molecular weight is 497 g/mol. The molecule has 2 amide bonds. The summed E-state index contributed by atoms with van der Waals surface area (Å²) in [7, 11) is 1.61. The molecule has 2 aromatic carbocycles. The van der Waals surface area contributed by atoms with Gasteiger partial charge in [-0.05, 0) is 48.2 Å². The van der Waals surface area contributed by atoms with Gasteiger partial charge in [-0.3, -0.25) is 9.59 Å². The van der Waals surface area contributed by atoms with Crippen molar-refractivity contribution in [1.29, 1.82) is 0 Å². The molecule has 0 fully saturated rings. The molecule has 2 rings (SSSR count). The molecule has 0 saturated carbocycles. The van der Waals surface area contributed by atoms with E-state index in [-0.39, 0.29) is 17.6 Å². The molecule has 1 atom stereocenters. The van der Waals surface area contributed by atoms with Crippen molar-refractivity contribution in [3.8, 4) is 5.75 Å². The lowest BCUT2D eigenvalue weighted by atomic mass is 10.1. The van der Waals surface area contributed by atoms with E-state index in [0.717, 1.165) is 16.9 Å². The fraction of sp³-hybridized carbons (Fsp3) is 0.417. The Labute approximate surface area is 204 Å². The molecular weight excluding hydrogens is 467 g/mol. The first-order valence-electron chi connectivity index (χ1n) is 10.4.